The summed E-state index contributed by atoms with van der Waals surface area (Å²) in [6, 6.07) is 14.5. The molecule has 5 heteroatoms. The highest BCUT2D eigenvalue weighted by molar-refractivity contribution is 5.75. The number of rotatable bonds is 3. The number of ether oxygens (including phenoxy) is 4. The van der Waals surface area contributed by atoms with Crippen molar-refractivity contribution in [1.82, 2.24) is 0 Å². The summed E-state index contributed by atoms with van der Waals surface area (Å²) in [5.74, 6) is 1.68. The summed E-state index contributed by atoms with van der Waals surface area (Å²) < 4.78 is 20.9. The van der Waals surface area contributed by atoms with Gasteiger partial charge < -0.3 is 18.9 Å². The maximum Gasteiger partial charge on any atom is 0.389 e. The van der Waals surface area contributed by atoms with Crippen LogP contribution in [0.25, 0.3) is 0 Å². The third-order valence-corrected chi connectivity index (χ3v) is 2.76. The molecule has 0 saturated carbocycles. The van der Waals surface area contributed by atoms with E-state index in [0.717, 1.165) is 5.75 Å². The topological polar surface area (TPSA) is 54.0 Å². The molecular weight excluding hydrogens is 260 g/mol. The Morgan fingerprint density at radius 1 is 1.00 bits per heavy atom. The second-order valence-electron chi connectivity index (χ2n) is 4.11. The van der Waals surface area contributed by atoms with Crippen molar-refractivity contribution in [3.05, 3.63) is 48.5 Å². The molecule has 0 aromatic heterocycles. The molecule has 0 unspecified atom stereocenters. The zero-order chi connectivity index (χ0) is 13.9. The molecule has 0 amide bonds. The Morgan fingerprint density at radius 3 is 2.50 bits per heavy atom. The lowest BCUT2D eigenvalue weighted by Crippen LogP contribution is -2.30. The van der Waals surface area contributed by atoms with Gasteiger partial charge in [-0.2, -0.15) is 0 Å². The summed E-state index contributed by atoms with van der Waals surface area (Å²) in [4.78, 5) is 11.4. The molecule has 1 aliphatic rings. The molecule has 0 fully saturated rings. The number of hydrogen-bond acceptors (Lipinski definition) is 5. The Balaban J connectivity index is 1.77. The van der Waals surface area contributed by atoms with Gasteiger partial charge in [-0.25, -0.2) is 4.79 Å². The smallest absolute Gasteiger partial charge is 0.389 e. The van der Waals surface area contributed by atoms with Crippen molar-refractivity contribution in [3.8, 4) is 23.0 Å². The number of para-hydroxylation sites is 1. The highest BCUT2D eigenvalue weighted by atomic mass is 16.7. The molecule has 1 heterocycles. The average Bonchev–Trinajstić information content (AvgIpc) is 2.90. The zero-order valence-electron chi connectivity index (χ0n) is 10.7. The molecule has 1 atom stereocenters. The van der Waals surface area contributed by atoms with E-state index in [0.29, 0.717) is 17.2 Å². The summed E-state index contributed by atoms with van der Waals surface area (Å²) in [7, 11) is 1.28. The maximum atomic E-state index is 11.4. The third kappa shape index (κ3) is 2.38. The predicted molar refractivity (Wildman–Crippen MR) is 70.0 cm³/mol. The number of fused-ring (bicyclic) bond motifs is 1. The molecule has 0 N–H and O–H groups in total. The van der Waals surface area contributed by atoms with Crippen molar-refractivity contribution < 1.29 is 23.7 Å². The number of hydrogen-bond donors (Lipinski definition) is 0. The van der Waals surface area contributed by atoms with Crippen LogP contribution in [-0.2, 0) is 9.53 Å². The van der Waals surface area contributed by atoms with Crippen LogP contribution in [0.2, 0.25) is 0 Å². The van der Waals surface area contributed by atoms with Crippen molar-refractivity contribution in [2.45, 2.75) is 6.29 Å². The molecule has 0 saturated heterocycles. The van der Waals surface area contributed by atoms with E-state index < -0.39 is 12.3 Å². The van der Waals surface area contributed by atoms with Gasteiger partial charge in [-0.05, 0) is 24.3 Å². The molecule has 0 bridgehead atoms. The van der Waals surface area contributed by atoms with Gasteiger partial charge in [0.2, 0.25) is 0 Å². The molecule has 1 aliphatic heterocycles. The van der Waals surface area contributed by atoms with Gasteiger partial charge in [-0.1, -0.05) is 18.2 Å². The van der Waals surface area contributed by atoms with Crippen LogP contribution < -0.4 is 14.2 Å². The summed E-state index contributed by atoms with van der Waals surface area (Å²) >= 11 is 0. The van der Waals surface area contributed by atoms with Gasteiger partial charge in [0.15, 0.2) is 11.5 Å². The molecule has 2 aromatic carbocycles. The second kappa shape index (κ2) is 5.13. The lowest BCUT2D eigenvalue weighted by atomic mass is 10.3. The van der Waals surface area contributed by atoms with Crippen LogP contribution in [0.15, 0.2) is 48.5 Å². The zero-order valence-corrected chi connectivity index (χ0v) is 10.7. The fourth-order valence-electron chi connectivity index (χ4n) is 1.81. The molecule has 5 nitrogen and oxygen atoms in total. The Hall–Kier alpha value is -2.69. The van der Waals surface area contributed by atoms with Gasteiger partial charge in [0.25, 0.3) is 0 Å². The third-order valence-electron chi connectivity index (χ3n) is 2.76. The number of carbonyl (C=O) groups is 1. The molecule has 20 heavy (non-hydrogen) atoms. The second-order valence-corrected chi connectivity index (χ2v) is 4.11. The van der Waals surface area contributed by atoms with Crippen molar-refractivity contribution in [1.29, 1.82) is 0 Å². The van der Waals surface area contributed by atoms with Crippen LogP contribution in [0.5, 0.6) is 23.0 Å². The predicted octanol–water partition coefficient (Wildman–Crippen LogP) is 2.75. The summed E-state index contributed by atoms with van der Waals surface area (Å²) in [5, 5.41) is 0. The van der Waals surface area contributed by atoms with Crippen molar-refractivity contribution in [2.24, 2.45) is 0 Å². The lowest BCUT2D eigenvalue weighted by molar-refractivity contribution is -0.158. The normalized spacial score (nSPS) is 15.8. The van der Waals surface area contributed by atoms with Crippen molar-refractivity contribution >= 4 is 5.97 Å². The van der Waals surface area contributed by atoms with Gasteiger partial charge in [0, 0.05) is 6.07 Å². The van der Waals surface area contributed by atoms with Crippen molar-refractivity contribution in [2.75, 3.05) is 7.11 Å². The highest BCUT2D eigenvalue weighted by Crippen LogP contribution is 2.38. The van der Waals surface area contributed by atoms with E-state index in [4.69, 9.17) is 14.2 Å². The number of benzene rings is 2. The fraction of sp³-hybridized carbons (Fsp3) is 0.133. The van der Waals surface area contributed by atoms with Crippen LogP contribution in [0.4, 0.5) is 0 Å². The standard InChI is InChI=1S/C15H12O5/c1-17-14(16)15-19-12-8-7-11(9-13(12)20-15)18-10-5-3-2-4-6-10/h2-9,15H,1H3/t15-/m1/s1. The first-order chi connectivity index (χ1) is 9.76. The van der Waals surface area contributed by atoms with E-state index in [1.54, 1.807) is 18.2 Å². The van der Waals surface area contributed by atoms with E-state index in [1.807, 2.05) is 30.3 Å². The minimum absolute atomic E-state index is 0.453. The largest absolute Gasteiger partial charge is 0.463 e. The summed E-state index contributed by atoms with van der Waals surface area (Å²) in [6.07, 6.45) is -1.05. The maximum absolute atomic E-state index is 11.4. The number of methoxy groups -OCH3 is 1. The Kier molecular flexibility index (Phi) is 3.16. The molecule has 0 spiro atoms. The van der Waals surface area contributed by atoms with E-state index in [-0.39, 0.29) is 0 Å². The van der Waals surface area contributed by atoms with Crippen LogP contribution in [0.3, 0.4) is 0 Å². The summed E-state index contributed by atoms with van der Waals surface area (Å²) in [6.45, 7) is 0. The number of esters is 1. The molecule has 0 aliphatic carbocycles. The van der Waals surface area contributed by atoms with E-state index in [1.165, 1.54) is 7.11 Å². The number of carbonyl (C=O) groups excluding carboxylic acids is 1. The van der Waals surface area contributed by atoms with Crippen molar-refractivity contribution in [3.63, 3.8) is 0 Å². The molecule has 2 aromatic rings. The average molecular weight is 272 g/mol. The molecule has 3 rings (SSSR count). The van der Waals surface area contributed by atoms with Crippen LogP contribution in [0, 0.1) is 0 Å². The fourth-order valence-corrected chi connectivity index (χ4v) is 1.81. The summed E-state index contributed by atoms with van der Waals surface area (Å²) in [5.41, 5.74) is 0. The Bertz CT molecular complexity index is 623. The molecule has 0 radical (unpaired) electrons. The van der Waals surface area contributed by atoms with Gasteiger partial charge in [0.1, 0.15) is 11.5 Å². The Morgan fingerprint density at radius 2 is 1.75 bits per heavy atom. The van der Waals surface area contributed by atoms with Gasteiger partial charge in [0.05, 0.1) is 7.11 Å². The van der Waals surface area contributed by atoms with Gasteiger partial charge in [-0.3, -0.25) is 0 Å². The molecule has 102 valence electrons. The van der Waals surface area contributed by atoms with Gasteiger partial charge >= 0.3 is 12.3 Å². The quantitative estimate of drug-likeness (QED) is 0.804. The van der Waals surface area contributed by atoms with Gasteiger partial charge in [-0.15, -0.1) is 0 Å². The van der Waals surface area contributed by atoms with Crippen LogP contribution >= 0.6 is 0 Å². The van der Waals surface area contributed by atoms with E-state index >= 15 is 0 Å². The first-order valence-electron chi connectivity index (χ1n) is 6.04. The van der Waals surface area contributed by atoms with E-state index in [2.05, 4.69) is 4.74 Å². The van der Waals surface area contributed by atoms with E-state index in [9.17, 15) is 4.79 Å². The van der Waals surface area contributed by atoms with Crippen LogP contribution in [0.1, 0.15) is 0 Å². The highest BCUT2D eigenvalue weighted by Gasteiger charge is 2.31. The lowest BCUT2D eigenvalue weighted by Gasteiger charge is -2.06. The Labute approximate surface area is 115 Å². The van der Waals surface area contributed by atoms with Crippen LogP contribution in [-0.4, -0.2) is 19.4 Å². The SMILES string of the molecule is COC(=O)[C@@H]1Oc2ccc(Oc3ccccc3)cc2O1. The molecular formula is C15H12O5. The minimum atomic E-state index is -1.05. The first-order valence-corrected chi connectivity index (χ1v) is 6.04. The minimum Gasteiger partial charge on any atom is -0.463 e. The monoisotopic (exact) mass is 272 g/mol. The first kappa shape index (κ1) is 12.3.